The Balaban J connectivity index is 1.08. The molecule has 0 fully saturated rings. The Morgan fingerprint density at radius 1 is 0.312 bits per heavy atom. The zero-order chi connectivity index (χ0) is 42.2. The number of rotatable bonds is 7. The summed E-state index contributed by atoms with van der Waals surface area (Å²) < 4.78 is 11.3. The molecule has 4 heteroatoms. The highest BCUT2D eigenvalue weighted by Crippen LogP contribution is 2.43. The molecule has 0 saturated carbocycles. The quantitative estimate of drug-likeness (QED) is 0.116. The second-order valence-electron chi connectivity index (χ2n) is 16.8. The average Bonchev–Trinajstić information content (AvgIpc) is 4.03. The summed E-state index contributed by atoms with van der Waals surface area (Å²) in [6.45, 7) is 0. The molecule has 0 aliphatic carbocycles. The number of hydrogen-bond donors (Lipinski definition) is 0. The maximum atomic E-state index is 6.29. The lowest BCUT2D eigenvalue weighted by atomic mass is 10.00. The third kappa shape index (κ3) is 5.33. The van der Waals surface area contributed by atoms with E-state index in [4.69, 9.17) is 4.42 Å². The summed E-state index contributed by atoms with van der Waals surface area (Å²) in [4.78, 5) is 0. The number of furan rings is 1. The highest BCUT2D eigenvalue weighted by Gasteiger charge is 2.41. The predicted molar refractivity (Wildman–Crippen MR) is 271 cm³/mol. The molecule has 3 heterocycles. The molecule has 0 amide bonds. The van der Waals surface area contributed by atoms with Crippen molar-refractivity contribution in [3.05, 3.63) is 243 Å². The van der Waals surface area contributed by atoms with E-state index in [-0.39, 0.29) is 0 Å². The molecule has 0 spiro atoms. The van der Waals surface area contributed by atoms with E-state index in [2.05, 4.69) is 246 Å². The van der Waals surface area contributed by atoms with E-state index in [0.717, 1.165) is 38.9 Å². The van der Waals surface area contributed by atoms with Gasteiger partial charge in [0.15, 0.2) is 8.07 Å². The number of nitrogens with zero attached hydrogens (tertiary/aromatic N) is 2. The molecule has 300 valence electrons. The number of para-hydroxylation sites is 5. The van der Waals surface area contributed by atoms with Crippen LogP contribution < -0.4 is 20.7 Å². The van der Waals surface area contributed by atoms with Crippen LogP contribution in [0.3, 0.4) is 0 Å². The monoisotopic (exact) mass is 832 g/mol. The fourth-order valence-electron chi connectivity index (χ4n) is 10.8. The topological polar surface area (TPSA) is 23.0 Å². The molecule has 0 N–H and O–H groups in total. The molecular formula is C60H40N2OSi. The molecule has 3 nitrogen and oxygen atoms in total. The fourth-order valence-corrected chi connectivity index (χ4v) is 15.5. The van der Waals surface area contributed by atoms with Gasteiger partial charge in [0.2, 0.25) is 0 Å². The van der Waals surface area contributed by atoms with Gasteiger partial charge in [-0.1, -0.05) is 194 Å². The Labute approximate surface area is 371 Å². The molecule has 64 heavy (non-hydrogen) atoms. The van der Waals surface area contributed by atoms with E-state index in [9.17, 15) is 0 Å². The Kier molecular flexibility index (Phi) is 8.23. The molecule has 0 bridgehead atoms. The minimum Gasteiger partial charge on any atom is -0.456 e. The van der Waals surface area contributed by atoms with E-state index < -0.39 is 8.07 Å². The standard InChI is InChI=1S/C60H40N2OSi/c1-4-18-43(19-5-1)64(44-20-6-2-7-21-44,45-22-8-3-9-23-45)46-37-35-42(36-38-46)61-54-30-13-10-25-49(54)52-29-17-32-56(60(52)61)62-55-31-14-11-24-48(55)51-28-16-27-47(59(51)62)41-34-39-58-53(40-41)50-26-12-15-33-57(50)63-58/h1-40H. The van der Waals surface area contributed by atoms with Crippen molar-refractivity contribution in [1.82, 2.24) is 9.13 Å². The minimum atomic E-state index is -2.72. The zero-order valence-electron chi connectivity index (χ0n) is 34.9. The van der Waals surface area contributed by atoms with Crippen LogP contribution in [0.4, 0.5) is 0 Å². The van der Waals surface area contributed by atoms with E-state index in [0.29, 0.717) is 0 Å². The molecule has 0 saturated heterocycles. The van der Waals surface area contributed by atoms with E-state index in [1.165, 1.54) is 69.9 Å². The first-order valence-electron chi connectivity index (χ1n) is 22.0. The first kappa shape index (κ1) is 36.5. The van der Waals surface area contributed by atoms with Gasteiger partial charge in [-0.3, -0.25) is 0 Å². The second kappa shape index (κ2) is 14.5. The Morgan fingerprint density at radius 3 is 1.44 bits per heavy atom. The first-order valence-corrected chi connectivity index (χ1v) is 24.0. The fraction of sp³-hybridized carbons (Fsp3) is 0. The normalized spacial score (nSPS) is 12.1. The Morgan fingerprint density at radius 2 is 0.797 bits per heavy atom. The lowest BCUT2D eigenvalue weighted by Crippen LogP contribution is -2.74. The van der Waals surface area contributed by atoms with Crippen molar-refractivity contribution in [2.45, 2.75) is 0 Å². The molecule has 13 aromatic rings. The number of benzene rings is 10. The maximum Gasteiger partial charge on any atom is 0.179 e. The van der Waals surface area contributed by atoms with Crippen LogP contribution in [0.5, 0.6) is 0 Å². The van der Waals surface area contributed by atoms with Crippen LogP contribution in [0.2, 0.25) is 0 Å². The van der Waals surface area contributed by atoms with Crippen molar-refractivity contribution >= 4 is 94.4 Å². The number of aromatic nitrogens is 2. The van der Waals surface area contributed by atoms with Crippen LogP contribution in [-0.2, 0) is 0 Å². The van der Waals surface area contributed by atoms with Crippen LogP contribution >= 0.6 is 0 Å². The molecule has 0 radical (unpaired) electrons. The maximum absolute atomic E-state index is 6.29. The molecular weight excluding hydrogens is 793 g/mol. The molecule has 0 unspecified atom stereocenters. The Bertz CT molecular complexity index is 3790. The summed E-state index contributed by atoms with van der Waals surface area (Å²) >= 11 is 0. The van der Waals surface area contributed by atoms with Gasteiger partial charge in [0.05, 0.1) is 27.8 Å². The largest absolute Gasteiger partial charge is 0.456 e. The van der Waals surface area contributed by atoms with Crippen LogP contribution in [0, 0.1) is 0 Å². The number of hydrogen-bond acceptors (Lipinski definition) is 1. The van der Waals surface area contributed by atoms with Gasteiger partial charge >= 0.3 is 0 Å². The third-order valence-electron chi connectivity index (χ3n) is 13.5. The van der Waals surface area contributed by atoms with E-state index >= 15 is 0 Å². The lowest BCUT2D eigenvalue weighted by Gasteiger charge is -2.34. The highest BCUT2D eigenvalue weighted by atomic mass is 28.3. The molecule has 3 aromatic heterocycles. The van der Waals surface area contributed by atoms with E-state index in [1.807, 2.05) is 6.07 Å². The third-order valence-corrected chi connectivity index (χ3v) is 18.3. The van der Waals surface area contributed by atoms with Crippen LogP contribution in [0.1, 0.15) is 0 Å². The first-order chi connectivity index (χ1) is 31.8. The van der Waals surface area contributed by atoms with Crippen LogP contribution in [-0.4, -0.2) is 17.2 Å². The SMILES string of the molecule is c1ccc([Si](c2ccccc2)(c2ccccc2)c2ccc(-n3c4ccccc4c4cccc(-n5c6ccccc6c6cccc(-c7ccc8oc9ccccc9c8c7)c65)c43)cc2)cc1. The smallest absolute Gasteiger partial charge is 0.179 e. The minimum absolute atomic E-state index is 0.897. The molecule has 13 rings (SSSR count). The highest BCUT2D eigenvalue weighted by molar-refractivity contribution is 7.19. The van der Waals surface area contributed by atoms with Crippen LogP contribution in [0.15, 0.2) is 247 Å². The summed E-state index contributed by atoms with van der Waals surface area (Å²) in [5, 5.41) is 12.6. The molecule has 0 aliphatic rings. The van der Waals surface area contributed by atoms with Crippen molar-refractivity contribution in [2.24, 2.45) is 0 Å². The predicted octanol–water partition coefficient (Wildman–Crippen LogP) is 12.8. The van der Waals surface area contributed by atoms with Gasteiger partial charge in [0.1, 0.15) is 11.2 Å². The van der Waals surface area contributed by atoms with Gasteiger partial charge in [0.25, 0.3) is 0 Å². The summed E-state index contributed by atoms with van der Waals surface area (Å²) in [6.07, 6.45) is 0. The average molecular weight is 833 g/mol. The van der Waals surface area contributed by atoms with Crippen molar-refractivity contribution in [3.8, 4) is 22.5 Å². The van der Waals surface area contributed by atoms with Gasteiger partial charge in [-0.05, 0) is 74.8 Å². The Hall–Kier alpha value is -8.18. The molecule has 0 aliphatic heterocycles. The van der Waals surface area contributed by atoms with E-state index in [1.54, 1.807) is 0 Å². The van der Waals surface area contributed by atoms with Crippen molar-refractivity contribution in [1.29, 1.82) is 0 Å². The summed E-state index contributed by atoms with van der Waals surface area (Å²) in [6, 6.07) is 89.3. The van der Waals surface area contributed by atoms with Gasteiger partial charge in [0, 0.05) is 43.6 Å². The summed E-state index contributed by atoms with van der Waals surface area (Å²) in [5.74, 6) is 0. The van der Waals surface area contributed by atoms with Gasteiger partial charge in [-0.25, -0.2) is 0 Å². The summed E-state index contributed by atoms with van der Waals surface area (Å²) in [5.41, 5.74) is 11.1. The second-order valence-corrected chi connectivity index (χ2v) is 20.6. The van der Waals surface area contributed by atoms with Crippen molar-refractivity contribution in [2.75, 3.05) is 0 Å². The summed E-state index contributed by atoms with van der Waals surface area (Å²) in [7, 11) is -2.72. The van der Waals surface area contributed by atoms with Crippen molar-refractivity contribution in [3.63, 3.8) is 0 Å². The van der Waals surface area contributed by atoms with Gasteiger partial charge < -0.3 is 13.6 Å². The molecule has 10 aromatic carbocycles. The van der Waals surface area contributed by atoms with Crippen LogP contribution in [0.25, 0.3) is 88.1 Å². The number of fused-ring (bicyclic) bond motifs is 9. The molecule has 0 atom stereocenters. The zero-order valence-corrected chi connectivity index (χ0v) is 35.9. The van der Waals surface area contributed by atoms with Crippen molar-refractivity contribution < 1.29 is 4.42 Å². The lowest BCUT2D eigenvalue weighted by molar-refractivity contribution is 0.669. The van der Waals surface area contributed by atoms with Gasteiger partial charge in [-0.2, -0.15) is 0 Å². The van der Waals surface area contributed by atoms with Gasteiger partial charge in [-0.15, -0.1) is 0 Å².